The van der Waals surface area contributed by atoms with Gasteiger partial charge in [0.2, 0.25) is 5.95 Å². The maximum Gasteiger partial charge on any atom is 0.240 e. The summed E-state index contributed by atoms with van der Waals surface area (Å²) in [5, 5.41) is 5.94. The number of aromatic nitrogens is 6. The molecule has 0 aliphatic rings. The van der Waals surface area contributed by atoms with E-state index >= 15 is 0 Å². The number of para-hydroxylation sites is 2. The molecule has 10 aromatic rings. The van der Waals surface area contributed by atoms with E-state index in [0.29, 0.717) is 17.6 Å². The van der Waals surface area contributed by atoms with Gasteiger partial charge in [-0.05, 0) is 54.6 Å². The van der Waals surface area contributed by atoms with E-state index < -0.39 is 0 Å². The topological polar surface area (TPSA) is 61.4 Å². The molecule has 6 nitrogen and oxygen atoms in total. The first-order valence-corrected chi connectivity index (χ1v) is 16.3. The maximum atomic E-state index is 5.13. The van der Waals surface area contributed by atoms with Gasteiger partial charge in [-0.3, -0.25) is 4.57 Å². The molecule has 0 atom stereocenters. The summed E-state index contributed by atoms with van der Waals surface area (Å²) in [5.41, 5.74) is 6.10. The van der Waals surface area contributed by atoms with E-state index in [1.54, 1.807) is 11.3 Å². The van der Waals surface area contributed by atoms with Gasteiger partial charge in [0.15, 0.2) is 11.6 Å². The molecule has 220 valence electrons. The third kappa shape index (κ3) is 3.97. The van der Waals surface area contributed by atoms with Gasteiger partial charge in [-0.1, -0.05) is 84.9 Å². The number of benzene rings is 5. The Morgan fingerprint density at radius 3 is 1.79 bits per heavy atom. The number of rotatable bonds is 4. The highest BCUT2D eigenvalue weighted by atomic mass is 32.1. The molecule has 0 aliphatic heterocycles. The van der Waals surface area contributed by atoms with Crippen molar-refractivity contribution in [1.29, 1.82) is 0 Å². The maximum absolute atomic E-state index is 5.13. The highest BCUT2D eigenvalue weighted by molar-refractivity contribution is 7.25. The average molecular weight is 621 g/mol. The molecule has 47 heavy (non-hydrogen) atoms. The average Bonchev–Trinajstić information content (AvgIpc) is 3.79. The Bertz CT molecular complexity index is 2740. The molecule has 0 aliphatic carbocycles. The first kappa shape index (κ1) is 26.1. The van der Waals surface area contributed by atoms with Crippen molar-refractivity contribution in [2.75, 3.05) is 0 Å². The Labute approximate surface area is 272 Å². The zero-order valence-electron chi connectivity index (χ0n) is 24.9. The van der Waals surface area contributed by atoms with E-state index in [2.05, 4.69) is 112 Å². The number of pyridine rings is 1. The van der Waals surface area contributed by atoms with Crippen molar-refractivity contribution in [3.8, 4) is 34.4 Å². The lowest BCUT2D eigenvalue weighted by atomic mass is 10.1. The standard InChI is InChI=1S/C40H24N6S/c1-2-11-25(12-3-1)36-42-37(26-20-22-27(23-21-26)45-32-17-7-4-13-28(32)29-14-5-8-18-33(29)45)44-40(43-36)46-38-31(16-10-24-41-38)35-30-15-6-9-19-34(30)47-39(35)46/h1-24H. The minimum absolute atomic E-state index is 0.547. The van der Waals surface area contributed by atoms with Gasteiger partial charge in [0.1, 0.15) is 10.5 Å². The van der Waals surface area contributed by atoms with Crippen molar-refractivity contribution >= 4 is 64.5 Å². The summed E-state index contributed by atoms with van der Waals surface area (Å²) >= 11 is 1.73. The van der Waals surface area contributed by atoms with E-state index in [4.69, 9.17) is 19.9 Å². The van der Waals surface area contributed by atoms with Crippen molar-refractivity contribution in [2.24, 2.45) is 0 Å². The summed E-state index contributed by atoms with van der Waals surface area (Å²) in [7, 11) is 0. The molecule has 0 saturated carbocycles. The number of thiophene rings is 1. The predicted octanol–water partition coefficient (Wildman–Crippen LogP) is 10.0. The SMILES string of the molecule is c1ccc(-c2nc(-c3ccc(-n4c5ccccc5c5ccccc54)cc3)nc(-n3c4ncccc4c4c5ccccc5sc43)n2)cc1. The fourth-order valence-electron chi connectivity index (χ4n) is 6.77. The van der Waals surface area contributed by atoms with E-state index in [1.165, 1.54) is 37.3 Å². The molecule has 0 N–H and O–H groups in total. The van der Waals surface area contributed by atoms with Gasteiger partial charge < -0.3 is 4.57 Å². The van der Waals surface area contributed by atoms with Crippen LogP contribution >= 0.6 is 11.3 Å². The van der Waals surface area contributed by atoms with Crippen molar-refractivity contribution < 1.29 is 0 Å². The van der Waals surface area contributed by atoms with Gasteiger partial charge in [0.05, 0.1) is 11.0 Å². The number of hydrogen-bond acceptors (Lipinski definition) is 5. The summed E-state index contributed by atoms with van der Waals surface area (Å²) < 4.78 is 5.63. The van der Waals surface area contributed by atoms with E-state index in [0.717, 1.165) is 32.7 Å². The fraction of sp³-hybridized carbons (Fsp3) is 0. The van der Waals surface area contributed by atoms with Crippen LogP contribution in [0.2, 0.25) is 0 Å². The van der Waals surface area contributed by atoms with Gasteiger partial charge in [-0.2, -0.15) is 9.97 Å². The number of nitrogens with zero attached hydrogens (tertiary/aromatic N) is 6. The molecule has 5 aromatic heterocycles. The van der Waals surface area contributed by atoms with Crippen LogP contribution in [0.3, 0.4) is 0 Å². The van der Waals surface area contributed by atoms with Gasteiger partial charge in [-0.25, -0.2) is 9.97 Å². The molecule has 0 bridgehead atoms. The smallest absolute Gasteiger partial charge is 0.240 e. The van der Waals surface area contributed by atoms with Crippen LogP contribution in [-0.4, -0.2) is 29.1 Å². The molecule has 0 spiro atoms. The van der Waals surface area contributed by atoms with Crippen molar-refractivity contribution in [3.63, 3.8) is 0 Å². The second kappa shape index (κ2) is 10.2. The van der Waals surface area contributed by atoms with Crippen LogP contribution < -0.4 is 0 Å². The molecule has 0 radical (unpaired) electrons. The summed E-state index contributed by atoms with van der Waals surface area (Å²) in [4.78, 5) is 21.1. The zero-order valence-corrected chi connectivity index (χ0v) is 25.8. The fourth-order valence-corrected chi connectivity index (χ4v) is 7.99. The Hall–Kier alpha value is -6.18. The second-order valence-electron chi connectivity index (χ2n) is 11.6. The molecule has 0 fully saturated rings. The highest BCUT2D eigenvalue weighted by Crippen LogP contribution is 2.41. The van der Waals surface area contributed by atoms with E-state index in [-0.39, 0.29) is 0 Å². The lowest BCUT2D eigenvalue weighted by Gasteiger charge is -2.11. The van der Waals surface area contributed by atoms with E-state index in [9.17, 15) is 0 Å². The lowest BCUT2D eigenvalue weighted by Crippen LogP contribution is -2.06. The largest absolute Gasteiger partial charge is 0.309 e. The molecule has 5 heterocycles. The summed E-state index contributed by atoms with van der Waals surface area (Å²) in [6, 6.07) is 48.4. The first-order valence-electron chi connectivity index (χ1n) is 15.5. The molecule has 0 saturated heterocycles. The normalized spacial score (nSPS) is 11.8. The van der Waals surface area contributed by atoms with Crippen molar-refractivity contribution in [3.05, 3.63) is 146 Å². The van der Waals surface area contributed by atoms with Gasteiger partial charge in [0.25, 0.3) is 0 Å². The van der Waals surface area contributed by atoms with Crippen molar-refractivity contribution in [2.45, 2.75) is 0 Å². The number of fused-ring (bicyclic) bond motifs is 8. The Kier molecular flexibility index (Phi) is 5.64. The number of hydrogen-bond donors (Lipinski definition) is 0. The van der Waals surface area contributed by atoms with Crippen LogP contribution in [-0.2, 0) is 0 Å². The highest BCUT2D eigenvalue weighted by Gasteiger charge is 2.22. The van der Waals surface area contributed by atoms with Gasteiger partial charge in [-0.15, -0.1) is 11.3 Å². The van der Waals surface area contributed by atoms with Crippen LogP contribution in [0, 0.1) is 0 Å². The molecule has 10 rings (SSSR count). The Morgan fingerprint density at radius 2 is 1.06 bits per heavy atom. The van der Waals surface area contributed by atoms with Gasteiger partial charge >= 0.3 is 0 Å². The first-order chi connectivity index (χ1) is 23.3. The summed E-state index contributed by atoms with van der Waals surface area (Å²) in [6.07, 6.45) is 1.83. The Balaban J connectivity index is 1.19. The summed E-state index contributed by atoms with van der Waals surface area (Å²) in [5.74, 6) is 1.77. The van der Waals surface area contributed by atoms with Crippen LogP contribution in [0.4, 0.5) is 0 Å². The van der Waals surface area contributed by atoms with Crippen LogP contribution in [0.25, 0.3) is 87.6 Å². The molecule has 5 aromatic carbocycles. The minimum Gasteiger partial charge on any atom is -0.309 e. The van der Waals surface area contributed by atoms with Gasteiger partial charge in [0, 0.05) is 54.6 Å². The Morgan fingerprint density at radius 1 is 0.468 bits per heavy atom. The van der Waals surface area contributed by atoms with Crippen LogP contribution in [0.5, 0.6) is 0 Å². The van der Waals surface area contributed by atoms with E-state index in [1.807, 2.05) is 42.6 Å². The predicted molar refractivity (Wildman–Crippen MR) is 193 cm³/mol. The quantitative estimate of drug-likeness (QED) is 0.196. The van der Waals surface area contributed by atoms with Crippen molar-refractivity contribution in [1.82, 2.24) is 29.1 Å². The third-order valence-corrected chi connectivity index (χ3v) is 10.0. The monoisotopic (exact) mass is 620 g/mol. The third-order valence-electron chi connectivity index (χ3n) is 8.87. The van der Waals surface area contributed by atoms with Crippen LogP contribution in [0.15, 0.2) is 146 Å². The molecule has 0 unspecified atom stereocenters. The second-order valence-corrected chi connectivity index (χ2v) is 12.6. The zero-order chi connectivity index (χ0) is 30.9. The molecule has 0 amide bonds. The van der Waals surface area contributed by atoms with Crippen LogP contribution in [0.1, 0.15) is 0 Å². The molecular weight excluding hydrogens is 597 g/mol. The molecule has 7 heteroatoms. The summed E-state index contributed by atoms with van der Waals surface area (Å²) in [6.45, 7) is 0. The lowest BCUT2D eigenvalue weighted by molar-refractivity contribution is 0.948. The molecular formula is C40H24N6S. The minimum atomic E-state index is 0.547.